The van der Waals surface area contributed by atoms with Crippen molar-refractivity contribution in [1.29, 1.82) is 0 Å². The van der Waals surface area contributed by atoms with Crippen molar-refractivity contribution in [2.75, 3.05) is 0 Å². The van der Waals surface area contributed by atoms with Gasteiger partial charge < -0.3 is 0 Å². The molecule has 0 radical (unpaired) electrons. The first-order valence-electron chi connectivity index (χ1n) is 4.85. The summed E-state index contributed by atoms with van der Waals surface area (Å²) in [5.74, 6) is 0. The summed E-state index contributed by atoms with van der Waals surface area (Å²) in [7, 11) is 0. The van der Waals surface area contributed by atoms with E-state index in [4.69, 9.17) is 0 Å². The smallest absolute Gasteiger partial charge is 0.0427 e. The molecule has 0 aromatic carbocycles. The van der Waals surface area contributed by atoms with Crippen molar-refractivity contribution in [3.8, 4) is 0 Å². The molecular weight excluding hydrogens is 244 g/mol. The zero-order valence-electron chi connectivity index (χ0n) is 7.56. The summed E-state index contributed by atoms with van der Waals surface area (Å²) in [6, 6.07) is 0. The molecule has 2 aliphatic rings. The Morgan fingerprint density at radius 3 is 1.29 bits per heavy atom. The van der Waals surface area contributed by atoms with E-state index in [9.17, 15) is 0 Å². The Kier molecular flexibility index (Phi) is 1.69. The van der Waals surface area contributed by atoms with Crippen molar-refractivity contribution in [1.82, 2.24) is 0 Å². The topological polar surface area (TPSA) is 0 Å². The van der Waals surface area contributed by atoms with Gasteiger partial charge in [0.05, 0.1) is 0 Å². The Balaban J connectivity index is 1.62. The molecule has 4 rings (SSSR count). The van der Waals surface area contributed by atoms with Crippen LogP contribution in [-0.4, -0.2) is 0 Å². The molecular formula is C10H10P4. The Morgan fingerprint density at radius 2 is 0.929 bits per heavy atom. The first-order chi connectivity index (χ1) is 6.97. The first-order valence-corrected chi connectivity index (χ1v) is 13.9. The molecule has 0 bridgehead atoms. The van der Waals surface area contributed by atoms with Crippen LogP contribution in [0.3, 0.4) is 0 Å². The Hall–Kier alpha value is 0.160. The molecule has 0 unspecified atom stereocenters. The lowest BCUT2D eigenvalue weighted by atomic mass is 10.5. The predicted octanol–water partition coefficient (Wildman–Crippen LogP) is 6.15. The van der Waals surface area contributed by atoms with Gasteiger partial charge in [0.2, 0.25) is 0 Å². The average Bonchev–Trinajstić information content (AvgIpc) is 2.91. The summed E-state index contributed by atoms with van der Waals surface area (Å²) >= 11 is 0. The van der Waals surface area contributed by atoms with E-state index in [0.29, 0.717) is 26.5 Å². The van der Waals surface area contributed by atoms with E-state index in [0.717, 1.165) is 11.3 Å². The molecule has 70 valence electrons. The maximum absolute atomic E-state index is 2.44. The third-order valence-electron chi connectivity index (χ3n) is 2.82. The van der Waals surface area contributed by atoms with Gasteiger partial charge >= 0.3 is 0 Å². The van der Waals surface area contributed by atoms with Gasteiger partial charge in [-0.05, 0) is 26.5 Å². The number of hydrogen-bond acceptors (Lipinski definition) is 0. The summed E-state index contributed by atoms with van der Waals surface area (Å²) in [5.41, 5.74) is 1.85. The third kappa shape index (κ3) is 1.04. The van der Waals surface area contributed by atoms with E-state index in [1.807, 2.05) is 0 Å². The second-order valence-electron chi connectivity index (χ2n) is 3.70. The molecule has 0 N–H and O–H groups in total. The van der Waals surface area contributed by atoms with Crippen LogP contribution in [-0.2, 0) is 0 Å². The molecule has 14 heavy (non-hydrogen) atoms. The van der Waals surface area contributed by atoms with Crippen molar-refractivity contribution in [3.63, 3.8) is 0 Å². The van der Waals surface area contributed by atoms with Crippen LogP contribution in [0.1, 0.15) is 11.3 Å². The van der Waals surface area contributed by atoms with Gasteiger partial charge in [0, 0.05) is 11.3 Å². The fourth-order valence-electron chi connectivity index (χ4n) is 2.03. The molecule has 0 amide bonds. The predicted molar refractivity (Wildman–Crippen MR) is 71.5 cm³/mol. The monoisotopic (exact) mass is 254 g/mol. The van der Waals surface area contributed by atoms with E-state index in [-0.39, 0.29) is 0 Å². The molecule has 2 aromatic rings. The minimum absolute atomic E-state index is 0.546. The first kappa shape index (κ1) is 8.33. The van der Waals surface area contributed by atoms with E-state index < -0.39 is 0 Å². The highest BCUT2D eigenvalue weighted by molar-refractivity contribution is 9.08. The highest BCUT2D eigenvalue weighted by Gasteiger charge is 2.38. The standard InChI is InChI=1S/C10H10P4/c1-2-6-9(5-1)11-13-12(14(11)13)10-7-3-4-8-10/h1-10H. The number of rotatable bonds is 2. The number of hydrogen-bond donors (Lipinski definition) is 0. The largest absolute Gasteiger partial charge is 0.0691 e. The Bertz CT molecular complexity index is 473. The average molecular weight is 254 g/mol. The van der Waals surface area contributed by atoms with Gasteiger partial charge in [-0.25, -0.2) is 0 Å². The van der Waals surface area contributed by atoms with Crippen molar-refractivity contribution >= 4 is 26.5 Å². The Labute approximate surface area is 86.7 Å². The van der Waals surface area contributed by atoms with Crippen molar-refractivity contribution in [2.24, 2.45) is 0 Å². The third-order valence-corrected chi connectivity index (χ3v) is 42.4. The van der Waals surface area contributed by atoms with Gasteiger partial charge in [0.1, 0.15) is 0 Å². The van der Waals surface area contributed by atoms with Crippen LogP contribution < -0.4 is 0 Å². The maximum Gasteiger partial charge on any atom is 0.0427 e. The van der Waals surface area contributed by atoms with Gasteiger partial charge in [-0.15, -0.1) is 0 Å². The highest BCUT2D eigenvalue weighted by atomic mass is 33.1. The lowest BCUT2D eigenvalue weighted by Crippen LogP contribution is -1.67. The van der Waals surface area contributed by atoms with Crippen molar-refractivity contribution in [3.05, 3.63) is 48.6 Å². The van der Waals surface area contributed by atoms with Crippen LogP contribution in [0.25, 0.3) is 0 Å². The van der Waals surface area contributed by atoms with Crippen LogP contribution >= 0.6 is 26.5 Å². The van der Waals surface area contributed by atoms with E-state index >= 15 is 0 Å². The lowest BCUT2D eigenvalue weighted by molar-refractivity contribution is 1.38. The molecule has 0 saturated heterocycles. The summed E-state index contributed by atoms with van der Waals surface area (Å²) in [5, 5.41) is 0. The molecule has 2 heterocycles. The van der Waals surface area contributed by atoms with Crippen molar-refractivity contribution in [2.45, 2.75) is 11.3 Å². The van der Waals surface area contributed by atoms with Gasteiger partial charge in [-0.2, -0.15) is 0 Å². The molecule has 2 aromatic heterocycles. The van der Waals surface area contributed by atoms with Crippen LogP contribution in [0.5, 0.6) is 0 Å². The fraction of sp³-hybridized carbons (Fsp3) is 0.200. The number of fused-ring (bicyclic) bond motifs is 1. The summed E-state index contributed by atoms with van der Waals surface area (Å²) in [6.07, 6.45) is 20.0. The molecule has 0 saturated carbocycles. The van der Waals surface area contributed by atoms with Crippen molar-refractivity contribution < 1.29 is 0 Å². The second-order valence-corrected chi connectivity index (χ2v) is 27.2. The SMILES string of the molecule is C1=CC(p2p3p(C4C=CC=C4)p23)C=C1. The normalized spacial score (nSPS) is 27.1. The van der Waals surface area contributed by atoms with Crippen LogP contribution in [0, 0.1) is 0 Å². The Morgan fingerprint density at radius 1 is 0.571 bits per heavy atom. The minimum atomic E-state index is 0.546. The molecule has 0 spiro atoms. The zero-order chi connectivity index (χ0) is 9.12. The lowest BCUT2D eigenvalue weighted by Gasteiger charge is -2.03. The van der Waals surface area contributed by atoms with Crippen LogP contribution in [0.4, 0.5) is 0 Å². The summed E-state index contributed by atoms with van der Waals surface area (Å²) in [6.45, 7) is 1.09. The van der Waals surface area contributed by atoms with Crippen LogP contribution in [0.2, 0.25) is 0 Å². The number of allylic oxidation sites excluding steroid dienone is 8. The van der Waals surface area contributed by atoms with Gasteiger partial charge in [0.25, 0.3) is 0 Å². The van der Waals surface area contributed by atoms with Crippen LogP contribution in [0.15, 0.2) is 48.6 Å². The molecule has 2 aliphatic carbocycles. The summed E-state index contributed by atoms with van der Waals surface area (Å²) in [4.78, 5) is 0. The van der Waals surface area contributed by atoms with Gasteiger partial charge in [0.15, 0.2) is 0 Å². The zero-order valence-corrected chi connectivity index (χ0v) is 11.1. The second kappa shape index (κ2) is 2.84. The maximum atomic E-state index is 2.44. The quantitative estimate of drug-likeness (QED) is 0.602. The fourth-order valence-corrected chi connectivity index (χ4v) is 57.8. The molecule has 0 nitrogen and oxygen atoms in total. The van der Waals surface area contributed by atoms with E-state index in [1.165, 1.54) is 0 Å². The van der Waals surface area contributed by atoms with E-state index in [1.54, 1.807) is 0 Å². The van der Waals surface area contributed by atoms with E-state index in [2.05, 4.69) is 48.6 Å². The highest BCUT2D eigenvalue weighted by Crippen LogP contribution is 3.14. The van der Waals surface area contributed by atoms with Gasteiger partial charge in [-0.3, -0.25) is 0 Å². The van der Waals surface area contributed by atoms with Gasteiger partial charge in [-0.1, -0.05) is 48.6 Å². The molecule has 0 atom stereocenters. The molecule has 0 aliphatic heterocycles. The molecule has 0 fully saturated rings. The summed E-state index contributed by atoms with van der Waals surface area (Å²) < 4.78 is 0. The minimum Gasteiger partial charge on any atom is -0.0691 e. The molecule has 4 heteroatoms.